The maximum Gasteiger partial charge on any atom is 0.119 e. The van der Waals surface area contributed by atoms with Crippen LogP contribution in [0.3, 0.4) is 0 Å². The van der Waals surface area contributed by atoms with Crippen LogP contribution in [0.2, 0.25) is 5.02 Å². The zero-order valence-electron chi connectivity index (χ0n) is 11.4. The molecule has 0 spiro atoms. The molecule has 3 aromatic rings. The molecule has 3 aromatic carbocycles. The predicted octanol–water partition coefficient (Wildman–Crippen LogP) is 5.88. The molecule has 0 aliphatic carbocycles. The zero-order valence-corrected chi connectivity index (χ0v) is 13.7. The molecule has 0 bridgehead atoms. The summed E-state index contributed by atoms with van der Waals surface area (Å²) >= 11 is 9.36. The molecule has 3 rings (SSSR count). The summed E-state index contributed by atoms with van der Waals surface area (Å²) in [5, 5.41) is 3.15. The smallest absolute Gasteiger partial charge is 0.119 e. The Bertz CT molecular complexity index is 753. The number of rotatable bonds is 4. The molecule has 0 aliphatic rings. The molecule has 0 radical (unpaired) electrons. The van der Waals surface area contributed by atoms with Gasteiger partial charge in [0, 0.05) is 15.9 Å². The molecular formula is C18H14BrClO. The largest absolute Gasteiger partial charge is 0.493 e. The van der Waals surface area contributed by atoms with Crippen molar-refractivity contribution in [3.05, 3.63) is 75.7 Å². The van der Waals surface area contributed by atoms with E-state index in [0.717, 1.165) is 21.7 Å². The van der Waals surface area contributed by atoms with Gasteiger partial charge in [0.25, 0.3) is 0 Å². The number of benzene rings is 3. The van der Waals surface area contributed by atoms with E-state index in [1.807, 2.05) is 36.4 Å². The minimum absolute atomic E-state index is 0.656. The van der Waals surface area contributed by atoms with Crippen molar-refractivity contribution in [2.75, 3.05) is 6.61 Å². The SMILES string of the molecule is Clc1ccc(CCOc2ccc3cc(Br)ccc3c2)cc1. The molecule has 0 atom stereocenters. The van der Waals surface area contributed by atoms with Crippen molar-refractivity contribution in [1.29, 1.82) is 0 Å². The fourth-order valence-electron chi connectivity index (χ4n) is 2.22. The summed E-state index contributed by atoms with van der Waals surface area (Å²) in [4.78, 5) is 0. The normalized spacial score (nSPS) is 10.8. The Hall–Kier alpha value is -1.51. The molecule has 0 fully saturated rings. The van der Waals surface area contributed by atoms with Crippen LogP contribution >= 0.6 is 27.5 Å². The quantitative estimate of drug-likeness (QED) is 0.564. The van der Waals surface area contributed by atoms with Crippen LogP contribution in [0.15, 0.2) is 65.1 Å². The number of halogens is 2. The van der Waals surface area contributed by atoms with Crippen LogP contribution in [0.1, 0.15) is 5.56 Å². The third-order valence-electron chi connectivity index (χ3n) is 3.35. The van der Waals surface area contributed by atoms with E-state index in [-0.39, 0.29) is 0 Å². The predicted molar refractivity (Wildman–Crippen MR) is 92.3 cm³/mol. The molecule has 0 saturated heterocycles. The van der Waals surface area contributed by atoms with Gasteiger partial charge in [0.2, 0.25) is 0 Å². The highest BCUT2D eigenvalue weighted by atomic mass is 79.9. The average Bonchev–Trinajstić information content (AvgIpc) is 2.49. The Morgan fingerprint density at radius 1 is 0.857 bits per heavy atom. The van der Waals surface area contributed by atoms with E-state index in [0.29, 0.717) is 6.61 Å². The molecular weight excluding hydrogens is 348 g/mol. The number of hydrogen-bond acceptors (Lipinski definition) is 1. The molecule has 0 aliphatic heterocycles. The fraction of sp³-hybridized carbons (Fsp3) is 0.111. The number of fused-ring (bicyclic) bond motifs is 1. The van der Waals surface area contributed by atoms with Crippen LogP contribution in [0, 0.1) is 0 Å². The average molecular weight is 362 g/mol. The lowest BCUT2D eigenvalue weighted by Gasteiger charge is -2.08. The van der Waals surface area contributed by atoms with Gasteiger partial charge in [-0.3, -0.25) is 0 Å². The van der Waals surface area contributed by atoms with Gasteiger partial charge >= 0.3 is 0 Å². The zero-order chi connectivity index (χ0) is 14.7. The van der Waals surface area contributed by atoms with Crippen molar-refractivity contribution < 1.29 is 4.74 Å². The lowest BCUT2D eigenvalue weighted by molar-refractivity contribution is 0.322. The third kappa shape index (κ3) is 3.78. The highest BCUT2D eigenvalue weighted by Gasteiger charge is 1.99. The monoisotopic (exact) mass is 360 g/mol. The Labute approximate surface area is 137 Å². The van der Waals surface area contributed by atoms with Gasteiger partial charge in [-0.05, 0) is 52.7 Å². The van der Waals surface area contributed by atoms with E-state index in [9.17, 15) is 0 Å². The van der Waals surface area contributed by atoms with Crippen molar-refractivity contribution >= 4 is 38.3 Å². The van der Waals surface area contributed by atoms with Crippen LogP contribution in [-0.2, 0) is 6.42 Å². The van der Waals surface area contributed by atoms with Gasteiger partial charge in [-0.2, -0.15) is 0 Å². The first-order valence-electron chi connectivity index (χ1n) is 6.77. The van der Waals surface area contributed by atoms with Crippen LogP contribution in [-0.4, -0.2) is 6.61 Å². The summed E-state index contributed by atoms with van der Waals surface area (Å²) in [5.74, 6) is 0.902. The molecule has 0 heterocycles. The highest BCUT2D eigenvalue weighted by molar-refractivity contribution is 9.10. The number of ether oxygens (including phenoxy) is 1. The van der Waals surface area contributed by atoms with E-state index in [1.165, 1.54) is 16.3 Å². The molecule has 106 valence electrons. The lowest BCUT2D eigenvalue weighted by Crippen LogP contribution is -2.01. The first-order valence-corrected chi connectivity index (χ1v) is 7.94. The molecule has 3 heteroatoms. The van der Waals surface area contributed by atoms with Crippen LogP contribution in [0.4, 0.5) is 0 Å². The van der Waals surface area contributed by atoms with E-state index in [1.54, 1.807) is 0 Å². The fourth-order valence-corrected chi connectivity index (χ4v) is 2.73. The second-order valence-corrected chi connectivity index (χ2v) is 6.23. The minimum atomic E-state index is 0.656. The summed E-state index contributed by atoms with van der Waals surface area (Å²) in [7, 11) is 0. The second kappa shape index (κ2) is 6.50. The summed E-state index contributed by atoms with van der Waals surface area (Å²) < 4.78 is 6.92. The minimum Gasteiger partial charge on any atom is -0.493 e. The molecule has 0 aromatic heterocycles. The summed E-state index contributed by atoms with van der Waals surface area (Å²) in [6.45, 7) is 0.656. The summed E-state index contributed by atoms with van der Waals surface area (Å²) in [6, 6.07) is 20.3. The highest BCUT2D eigenvalue weighted by Crippen LogP contribution is 2.24. The van der Waals surface area contributed by atoms with E-state index >= 15 is 0 Å². The first-order chi connectivity index (χ1) is 10.2. The van der Waals surface area contributed by atoms with Crippen LogP contribution < -0.4 is 4.74 Å². The maximum absolute atomic E-state index is 5.87. The second-order valence-electron chi connectivity index (χ2n) is 4.88. The lowest BCUT2D eigenvalue weighted by atomic mass is 10.1. The van der Waals surface area contributed by atoms with Gasteiger partial charge in [-0.15, -0.1) is 0 Å². The van der Waals surface area contributed by atoms with Crippen molar-refractivity contribution in [3.8, 4) is 5.75 Å². The van der Waals surface area contributed by atoms with Crippen molar-refractivity contribution in [3.63, 3.8) is 0 Å². The van der Waals surface area contributed by atoms with Gasteiger partial charge in [-0.25, -0.2) is 0 Å². The van der Waals surface area contributed by atoms with E-state index in [4.69, 9.17) is 16.3 Å². The Balaban J connectivity index is 1.65. The molecule has 0 amide bonds. The standard InChI is InChI=1S/C18H14BrClO/c19-16-5-3-15-12-18(8-4-14(15)11-16)21-10-9-13-1-6-17(20)7-2-13/h1-8,11-12H,9-10H2. The van der Waals surface area contributed by atoms with E-state index in [2.05, 4.69) is 40.2 Å². The molecule has 0 N–H and O–H groups in total. The van der Waals surface area contributed by atoms with Crippen LogP contribution in [0.5, 0.6) is 5.75 Å². The molecule has 21 heavy (non-hydrogen) atoms. The Morgan fingerprint density at radius 3 is 2.38 bits per heavy atom. The van der Waals surface area contributed by atoms with Gasteiger partial charge < -0.3 is 4.74 Å². The van der Waals surface area contributed by atoms with E-state index < -0.39 is 0 Å². The Kier molecular flexibility index (Phi) is 4.47. The van der Waals surface area contributed by atoms with Gasteiger partial charge in [0.15, 0.2) is 0 Å². The third-order valence-corrected chi connectivity index (χ3v) is 4.09. The topological polar surface area (TPSA) is 9.23 Å². The summed E-state index contributed by atoms with van der Waals surface area (Å²) in [5.41, 5.74) is 1.23. The van der Waals surface area contributed by atoms with Crippen molar-refractivity contribution in [2.45, 2.75) is 6.42 Å². The van der Waals surface area contributed by atoms with Gasteiger partial charge in [0.1, 0.15) is 5.75 Å². The Morgan fingerprint density at radius 2 is 1.57 bits per heavy atom. The van der Waals surface area contributed by atoms with Crippen LogP contribution in [0.25, 0.3) is 10.8 Å². The van der Waals surface area contributed by atoms with Crippen molar-refractivity contribution in [2.24, 2.45) is 0 Å². The maximum atomic E-state index is 5.87. The summed E-state index contributed by atoms with van der Waals surface area (Å²) in [6.07, 6.45) is 0.871. The molecule has 0 unspecified atom stereocenters. The van der Waals surface area contributed by atoms with Gasteiger partial charge in [0.05, 0.1) is 6.61 Å². The molecule has 0 saturated carbocycles. The molecule has 1 nitrogen and oxygen atoms in total. The number of hydrogen-bond donors (Lipinski definition) is 0. The van der Waals surface area contributed by atoms with Crippen molar-refractivity contribution in [1.82, 2.24) is 0 Å². The first kappa shape index (κ1) is 14.4. The van der Waals surface area contributed by atoms with Gasteiger partial charge in [-0.1, -0.05) is 51.8 Å².